The summed E-state index contributed by atoms with van der Waals surface area (Å²) in [5, 5.41) is 0. The number of anilines is 1. The van der Waals surface area contributed by atoms with Crippen molar-refractivity contribution in [2.75, 3.05) is 43.5 Å². The second kappa shape index (κ2) is 5.82. The first-order chi connectivity index (χ1) is 11.5. The van der Waals surface area contributed by atoms with E-state index in [0.717, 1.165) is 18.5 Å². The van der Waals surface area contributed by atoms with E-state index in [1.54, 1.807) is 4.90 Å². The second-order valence-electron chi connectivity index (χ2n) is 6.89. The minimum Gasteiger partial charge on any atom is -0.381 e. The highest BCUT2D eigenvalue weighted by Gasteiger charge is 2.46. The van der Waals surface area contributed by atoms with Crippen molar-refractivity contribution in [1.82, 2.24) is 4.31 Å². The second-order valence-corrected chi connectivity index (χ2v) is 8.98. The summed E-state index contributed by atoms with van der Waals surface area (Å²) in [6.07, 6.45) is 2.40. The summed E-state index contributed by atoms with van der Waals surface area (Å²) >= 11 is 0. The largest absolute Gasteiger partial charge is 0.381 e. The molecule has 1 aromatic carbocycles. The number of carbonyl (C=O) groups is 1. The molecule has 0 saturated carbocycles. The van der Waals surface area contributed by atoms with Gasteiger partial charge in [0, 0.05) is 37.4 Å². The fraction of sp³-hybridized carbons (Fsp3) is 0.588. The number of fused-ring (bicyclic) bond motifs is 2. The Kier molecular flexibility index (Phi) is 3.89. The number of para-hydroxylation sites is 1. The number of carbonyl (C=O) groups excluding carboxylic acids is 1. The highest BCUT2D eigenvalue weighted by molar-refractivity contribution is 7.89. The summed E-state index contributed by atoms with van der Waals surface area (Å²) in [5.74, 6) is 0.0225. The van der Waals surface area contributed by atoms with Crippen molar-refractivity contribution < 1.29 is 17.9 Å². The number of hydrogen-bond donors (Lipinski definition) is 0. The van der Waals surface area contributed by atoms with Crippen LogP contribution in [0.2, 0.25) is 0 Å². The zero-order valence-electron chi connectivity index (χ0n) is 13.6. The molecule has 0 aliphatic carbocycles. The van der Waals surface area contributed by atoms with Gasteiger partial charge in [-0.2, -0.15) is 4.31 Å². The van der Waals surface area contributed by atoms with Crippen LogP contribution < -0.4 is 4.90 Å². The van der Waals surface area contributed by atoms with Crippen molar-refractivity contribution >= 4 is 21.6 Å². The van der Waals surface area contributed by atoms with Gasteiger partial charge in [0.05, 0.1) is 12.3 Å². The lowest BCUT2D eigenvalue weighted by Gasteiger charge is -2.34. The molecule has 0 bridgehead atoms. The van der Waals surface area contributed by atoms with E-state index in [2.05, 4.69) is 6.07 Å². The molecule has 3 aliphatic rings. The van der Waals surface area contributed by atoms with Gasteiger partial charge in [0.15, 0.2) is 0 Å². The molecule has 0 N–H and O–H groups in total. The maximum Gasteiger partial charge on any atom is 0.242 e. The third kappa shape index (κ3) is 2.55. The molecule has 24 heavy (non-hydrogen) atoms. The van der Waals surface area contributed by atoms with Gasteiger partial charge in [0.25, 0.3) is 0 Å². The molecule has 0 aromatic heterocycles. The van der Waals surface area contributed by atoms with Gasteiger partial charge in [-0.05, 0) is 30.9 Å². The third-order valence-electron chi connectivity index (χ3n) is 5.49. The Morgan fingerprint density at radius 3 is 2.67 bits per heavy atom. The van der Waals surface area contributed by atoms with Gasteiger partial charge in [0.2, 0.25) is 15.9 Å². The van der Waals surface area contributed by atoms with E-state index in [1.807, 2.05) is 18.2 Å². The van der Waals surface area contributed by atoms with Crippen molar-refractivity contribution in [2.24, 2.45) is 0 Å². The molecule has 1 spiro atoms. The Labute approximate surface area is 142 Å². The van der Waals surface area contributed by atoms with Crippen LogP contribution in [0.3, 0.4) is 0 Å². The van der Waals surface area contributed by atoms with Crippen molar-refractivity contribution in [3.05, 3.63) is 29.8 Å². The predicted molar refractivity (Wildman–Crippen MR) is 90.5 cm³/mol. The number of benzene rings is 1. The Balaban J connectivity index is 1.61. The molecule has 6 nitrogen and oxygen atoms in total. The van der Waals surface area contributed by atoms with E-state index in [0.29, 0.717) is 32.7 Å². The number of amides is 1. The lowest BCUT2D eigenvalue weighted by atomic mass is 9.76. The number of nitrogens with zero attached hydrogens (tertiary/aromatic N) is 2. The fourth-order valence-corrected chi connectivity index (χ4v) is 5.61. The molecular formula is C17H22N2O4S. The minimum absolute atomic E-state index is 0.0472. The Hall–Kier alpha value is -1.44. The van der Waals surface area contributed by atoms with Crippen molar-refractivity contribution in [3.8, 4) is 0 Å². The van der Waals surface area contributed by atoms with Crippen LogP contribution in [-0.4, -0.2) is 57.2 Å². The topological polar surface area (TPSA) is 66.9 Å². The summed E-state index contributed by atoms with van der Waals surface area (Å²) in [6, 6.07) is 8.01. The number of hydrogen-bond acceptors (Lipinski definition) is 4. The van der Waals surface area contributed by atoms with Crippen LogP contribution in [0.15, 0.2) is 24.3 Å². The van der Waals surface area contributed by atoms with Crippen LogP contribution >= 0.6 is 0 Å². The van der Waals surface area contributed by atoms with Crippen LogP contribution in [-0.2, 0) is 25.0 Å². The minimum atomic E-state index is -3.26. The average Bonchev–Trinajstić information content (AvgIpc) is 3.07. The quantitative estimate of drug-likeness (QED) is 0.802. The monoisotopic (exact) mass is 350 g/mol. The van der Waals surface area contributed by atoms with Crippen molar-refractivity contribution in [2.45, 2.75) is 24.7 Å². The molecule has 2 fully saturated rings. The van der Waals surface area contributed by atoms with E-state index in [1.165, 1.54) is 9.87 Å². The van der Waals surface area contributed by atoms with E-state index in [4.69, 9.17) is 4.74 Å². The molecule has 0 unspecified atom stereocenters. The normalized spacial score (nSPS) is 25.1. The van der Waals surface area contributed by atoms with Crippen LogP contribution in [0.1, 0.15) is 24.8 Å². The molecule has 1 amide bonds. The maximum atomic E-state index is 12.9. The first kappa shape index (κ1) is 16.1. The molecule has 3 aliphatic heterocycles. The maximum absolute atomic E-state index is 12.9. The fourth-order valence-electron chi connectivity index (χ4n) is 4.15. The molecule has 0 atom stereocenters. The highest BCUT2D eigenvalue weighted by Crippen LogP contribution is 2.46. The average molecular weight is 350 g/mol. The SMILES string of the molecule is O=C(CN1CCCS1(=O)=O)N1CC2(CCOCC2)c2ccccc21. The lowest BCUT2D eigenvalue weighted by Crippen LogP contribution is -2.44. The molecular weight excluding hydrogens is 328 g/mol. The van der Waals surface area contributed by atoms with Gasteiger partial charge in [0.1, 0.15) is 0 Å². The van der Waals surface area contributed by atoms with Gasteiger partial charge < -0.3 is 9.64 Å². The Bertz CT molecular complexity index is 756. The van der Waals surface area contributed by atoms with E-state index >= 15 is 0 Å². The molecule has 4 rings (SSSR count). The van der Waals surface area contributed by atoms with Gasteiger partial charge in [-0.3, -0.25) is 4.79 Å². The molecule has 130 valence electrons. The van der Waals surface area contributed by atoms with Crippen molar-refractivity contribution in [1.29, 1.82) is 0 Å². The molecule has 3 heterocycles. The number of rotatable bonds is 2. The molecule has 0 radical (unpaired) electrons. The predicted octanol–water partition coefficient (Wildman–Crippen LogP) is 1.12. The van der Waals surface area contributed by atoms with Crippen LogP contribution in [0.4, 0.5) is 5.69 Å². The highest BCUT2D eigenvalue weighted by atomic mass is 32.2. The van der Waals surface area contributed by atoms with Gasteiger partial charge in [-0.25, -0.2) is 8.42 Å². The van der Waals surface area contributed by atoms with Gasteiger partial charge in [-0.15, -0.1) is 0 Å². The number of ether oxygens (including phenoxy) is 1. The van der Waals surface area contributed by atoms with E-state index in [-0.39, 0.29) is 23.6 Å². The molecule has 2 saturated heterocycles. The standard InChI is InChI=1S/C17H22N2O4S/c20-16(12-18-8-3-11-24(18,21)22)19-13-17(6-9-23-10-7-17)14-4-1-2-5-15(14)19/h1-2,4-5H,3,6-13H2. The number of sulfonamides is 1. The summed E-state index contributed by atoms with van der Waals surface area (Å²) in [5.41, 5.74) is 2.08. The first-order valence-corrected chi connectivity index (χ1v) is 10.1. The van der Waals surface area contributed by atoms with E-state index < -0.39 is 10.0 Å². The molecule has 1 aromatic rings. The summed E-state index contributed by atoms with van der Waals surface area (Å²) in [7, 11) is -3.26. The zero-order valence-corrected chi connectivity index (χ0v) is 14.4. The lowest BCUT2D eigenvalue weighted by molar-refractivity contribution is -0.118. The van der Waals surface area contributed by atoms with Crippen LogP contribution in [0.25, 0.3) is 0 Å². The van der Waals surface area contributed by atoms with E-state index in [9.17, 15) is 13.2 Å². The van der Waals surface area contributed by atoms with Crippen LogP contribution in [0, 0.1) is 0 Å². The summed E-state index contributed by atoms with van der Waals surface area (Å²) in [6.45, 7) is 2.43. The summed E-state index contributed by atoms with van der Waals surface area (Å²) < 4.78 is 30.8. The first-order valence-electron chi connectivity index (χ1n) is 8.47. The van der Waals surface area contributed by atoms with Gasteiger partial charge >= 0.3 is 0 Å². The smallest absolute Gasteiger partial charge is 0.242 e. The molecule has 7 heteroatoms. The Morgan fingerprint density at radius 1 is 1.21 bits per heavy atom. The van der Waals surface area contributed by atoms with Gasteiger partial charge in [-0.1, -0.05) is 18.2 Å². The zero-order chi connectivity index (χ0) is 16.8. The summed E-state index contributed by atoms with van der Waals surface area (Å²) in [4.78, 5) is 14.7. The van der Waals surface area contributed by atoms with Crippen LogP contribution in [0.5, 0.6) is 0 Å². The third-order valence-corrected chi connectivity index (χ3v) is 7.40. The Morgan fingerprint density at radius 2 is 1.96 bits per heavy atom. The van der Waals surface area contributed by atoms with Crippen molar-refractivity contribution in [3.63, 3.8) is 0 Å².